The van der Waals surface area contributed by atoms with Crippen molar-refractivity contribution in [2.24, 2.45) is 0 Å². The van der Waals surface area contributed by atoms with E-state index in [0.29, 0.717) is 0 Å². The Hall–Kier alpha value is -2.29. The lowest BCUT2D eigenvalue weighted by molar-refractivity contribution is 0.0439. The Balaban J connectivity index is 2.15. The summed E-state index contributed by atoms with van der Waals surface area (Å²) in [5, 5.41) is 0. The number of hydrogen-bond acceptors (Lipinski definition) is 3. The van der Waals surface area contributed by atoms with E-state index in [1.165, 1.54) is 22.3 Å². The maximum atomic E-state index is 12.4. The molecule has 3 heteroatoms. The minimum absolute atomic E-state index is 0.0267. The molecule has 0 atom stereocenters. The average molecular weight is 411 g/mol. The van der Waals surface area contributed by atoms with E-state index in [1.807, 2.05) is 0 Å². The van der Waals surface area contributed by atoms with Gasteiger partial charge in [0.15, 0.2) is 0 Å². The number of hydrogen-bond donors (Lipinski definition) is 0. The highest BCUT2D eigenvalue weighted by Gasteiger charge is 2.23. The minimum Gasteiger partial charge on any atom is -0.429 e. The maximum Gasteiger partial charge on any atom is 0.508 e. The van der Waals surface area contributed by atoms with Crippen LogP contribution in [0, 0.1) is 27.7 Å². The van der Waals surface area contributed by atoms with Gasteiger partial charge in [0.05, 0.1) is 0 Å². The van der Waals surface area contributed by atoms with Crippen LogP contribution in [0.3, 0.4) is 0 Å². The van der Waals surface area contributed by atoms with Gasteiger partial charge in [0, 0.05) is 0 Å². The van der Waals surface area contributed by atoms with Crippen LogP contribution < -0.4 is 0 Å². The van der Waals surface area contributed by atoms with E-state index in [0.717, 1.165) is 22.3 Å². The topological polar surface area (TPSA) is 35.5 Å². The highest BCUT2D eigenvalue weighted by atomic mass is 16.7. The summed E-state index contributed by atoms with van der Waals surface area (Å²) in [6, 6.07) is 8.55. The second kappa shape index (κ2) is 8.83. The molecule has 0 aromatic heterocycles. The number of benzene rings is 2. The van der Waals surface area contributed by atoms with Gasteiger partial charge in [0.2, 0.25) is 0 Å². The van der Waals surface area contributed by atoms with Crippen LogP contribution in [-0.4, -0.2) is 6.16 Å². The van der Waals surface area contributed by atoms with E-state index in [2.05, 4.69) is 93.5 Å². The van der Waals surface area contributed by atoms with Crippen molar-refractivity contribution in [2.45, 2.75) is 93.3 Å². The Morgan fingerprint density at radius 1 is 0.667 bits per heavy atom. The van der Waals surface area contributed by atoms with E-state index in [-0.39, 0.29) is 24.0 Å². The second-order valence-electron chi connectivity index (χ2n) is 10.6. The SMILES string of the molecule is Cc1cc(C)c(C(C)(C)C)c(COC(=O)OCc2cc(C)cc(C)c2C(C)(C)C)c1. The standard InChI is InChI=1S/C27H38O3/c1-17-11-19(3)23(26(5,6)7)21(13-17)15-29-25(28)30-16-22-14-18(2)12-20(4)24(22)27(8,9)10/h11-14H,15-16H2,1-10H3. The second-order valence-corrected chi connectivity index (χ2v) is 10.6. The van der Waals surface area contributed by atoms with Crippen LogP contribution in [0.25, 0.3) is 0 Å². The maximum absolute atomic E-state index is 12.4. The first-order valence-corrected chi connectivity index (χ1v) is 10.7. The molecule has 3 nitrogen and oxygen atoms in total. The van der Waals surface area contributed by atoms with Crippen molar-refractivity contribution in [1.29, 1.82) is 0 Å². The van der Waals surface area contributed by atoms with Crippen molar-refractivity contribution in [2.75, 3.05) is 0 Å². The molecule has 2 aromatic carbocycles. The van der Waals surface area contributed by atoms with Crippen LogP contribution in [0.5, 0.6) is 0 Å². The predicted octanol–water partition coefficient (Wildman–Crippen LogP) is 7.37. The molecule has 0 spiro atoms. The largest absolute Gasteiger partial charge is 0.508 e. The minimum atomic E-state index is -0.631. The zero-order valence-electron chi connectivity index (χ0n) is 20.4. The number of ether oxygens (including phenoxy) is 2. The van der Waals surface area contributed by atoms with Gasteiger partial charge in [-0.1, -0.05) is 76.9 Å². The number of carbonyl (C=O) groups excluding carboxylic acids is 1. The lowest BCUT2D eigenvalue weighted by Gasteiger charge is -2.26. The van der Waals surface area contributed by atoms with Gasteiger partial charge in [-0.15, -0.1) is 0 Å². The third kappa shape index (κ3) is 5.87. The van der Waals surface area contributed by atoms with Crippen LogP contribution in [0.2, 0.25) is 0 Å². The van der Waals surface area contributed by atoms with Gasteiger partial charge < -0.3 is 9.47 Å². The van der Waals surface area contributed by atoms with Gasteiger partial charge in [0.25, 0.3) is 0 Å². The van der Waals surface area contributed by atoms with E-state index in [4.69, 9.17) is 9.47 Å². The molecule has 0 aliphatic carbocycles. The smallest absolute Gasteiger partial charge is 0.429 e. The molecule has 0 saturated carbocycles. The lowest BCUT2D eigenvalue weighted by atomic mass is 9.80. The van der Waals surface area contributed by atoms with Crippen LogP contribution in [0.15, 0.2) is 24.3 Å². The van der Waals surface area contributed by atoms with Crippen molar-refractivity contribution in [1.82, 2.24) is 0 Å². The van der Waals surface area contributed by atoms with Crippen LogP contribution in [0.1, 0.15) is 86.1 Å². The Kier molecular flexibility index (Phi) is 7.06. The highest BCUT2D eigenvalue weighted by molar-refractivity contribution is 5.60. The van der Waals surface area contributed by atoms with Crippen molar-refractivity contribution in [3.05, 3.63) is 68.8 Å². The normalized spacial score (nSPS) is 12.1. The average Bonchev–Trinajstić information content (AvgIpc) is 2.54. The fraction of sp³-hybridized carbons (Fsp3) is 0.519. The first kappa shape index (κ1) is 24.0. The van der Waals surface area contributed by atoms with E-state index < -0.39 is 6.16 Å². The summed E-state index contributed by atoms with van der Waals surface area (Å²) < 4.78 is 11.0. The Morgan fingerprint density at radius 2 is 1.00 bits per heavy atom. The molecular weight excluding hydrogens is 372 g/mol. The summed E-state index contributed by atoms with van der Waals surface area (Å²) in [7, 11) is 0. The van der Waals surface area contributed by atoms with Gasteiger partial charge in [-0.05, 0) is 71.9 Å². The Bertz CT molecular complexity index is 849. The molecule has 0 unspecified atom stereocenters. The van der Waals surface area contributed by atoms with Crippen LogP contribution >= 0.6 is 0 Å². The van der Waals surface area contributed by atoms with E-state index in [9.17, 15) is 4.79 Å². The lowest BCUT2D eigenvalue weighted by Crippen LogP contribution is -2.19. The molecule has 0 fully saturated rings. The van der Waals surface area contributed by atoms with Crippen molar-refractivity contribution >= 4 is 6.16 Å². The van der Waals surface area contributed by atoms with Gasteiger partial charge in [-0.3, -0.25) is 0 Å². The van der Waals surface area contributed by atoms with Crippen molar-refractivity contribution in [3.8, 4) is 0 Å². The number of carbonyl (C=O) groups is 1. The molecule has 0 bridgehead atoms. The molecule has 2 aromatic rings. The van der Waals surface area contributed by atoms with Gasteiger partial charge >= 0.3 is 6.16 Å². The van der Waals surface area contributed by atoms with E-state index >= 15 is 0 Å². The highest BCUT2D eigenvalue weighted by Crippen LogP contribution is 2.32. The summed E-state index contributed by atoms with van der Waals surface area (Å²) in [5.74, 6) is 0. The van der Waals surface area contributed by atoms with Crippen molar-refractivity contribution in [3.63, 3.8) is 0 Å². The van der Waals surface area contributed by atoms with Gasteiger partial charge in [-0.2, -0.15) is 0 Å². The van der Waals surface area contributed by atoms with E-state index in [1.54, 1.807) is 0 Å². The molecule has 164 valence electrons. The zero-order valence-corrected chi connectivity index (χ0v) is 20.4. The van der Waals surface area contributed by atoms with Crippen LogP contribution in [-0.2, 0) is 33.5 Å². The molecule has 0 amide bonds. The molecule has 0 heterocycles. The summed E-state index contributed by atoms with van der Waals surface area (Å²) >= 11 is 0. The summed E-state index contributed by atoms with van der Waals surface area (Å²) in [4.78, 5) is 12.4. The number of rotatable bonds is 4. The third-order valence-corrected chi connectivity index (χ3v) is 5.31. The molecule has 0 N–H and O–H groups in total. The molecule has 0 saturated heterocycles. The molecule has 0 aliphatic rings. The summed E-state index contributed by atoms with van der Waals surface area (Å²) in [6.07, 6.45) is -0.631. The molecule has 0 radical (unpaired) electrons. The molecule has 2 rings (SSSR count). The monoisotopic (exact) mass is 410 g/mol. The Labute approximate surface area is 182 Å². The van der Waals surface area contributed by atoms with Gasteiger partial charge in [0.1, 0.15) is 13.2 Å². The fourth-order valence-electron chi connectivity index (χ4n) is 4.80. The third-order valence-electron chi connectivity index (χ3n) is 5.31. The summed E-state index contributed by atoms with van der Waals surface area (Å²) in [6.45, 7) is 21.9. The fourth-order valence-corrected chi connectivity index (χ4v) is 4.80. The summed E-state index contributed by atoms with van der Waals surface area (Å²) in [5.41, 5.74) is 9.25. The molecule has 30 heavy (non-hydrogen) atoms. The van der Waals surface area contributed by atoms with Gasteiger partial charge in [-0.25, -0.2) is 4.79 Å². The molecular formula is C27H38O3. The first-order chi connectivity index (χ1) is 13.7. The van der Waals surface area contributed by atoms with Crippen LogP contribution in [0.4, 0.5) is 4.79 Å². The van der Waals surface area contributed by atoms with Crippen molar-refractivity contribution < 1.29 is 14.3 Å². The predicted molar refractivity (Wildman–Crippen MR) is 124 cm³/mol. The zero-order chi connectivity index (χ0) is 22.9. The Morgan fingerprint density at radius 3 is 1.30 bits per heavy atom. The first-order valence-electron chi connectivity index (χ1n) is 10.7. The molecule has 0 aliphatic heterocycles. The number of aryl methyl sites for hydroxylation is 4. The quantitative estimate of drug-likeness (QED) is 0.494.